The molecule has 0 atom stereocenters. The number of aliphatic carboxylic acids is 1. The molecule has 2 nitrogen and oxygen atoms in total. The Kier molecular flexibility index (Phi) is 2.33. The highest BCUT2D eigenvalue weighted by Crippen LogP contribution is 2.38. The lowest BCUT2D eigenvalue weighted by Gasteiger charge is -2.07. The van der Waals surface area contributed by atoms with E-state index in [2.05, 4.69) is 21.5 Å². The first kappa shape index (κ1) is 10.1. The van der Waals surface area contributed by atoms with E-state index in [1.165, 1.54) is 22.3 Å². The maximum Gasteiger partial charge on any atom is 0.307 e. The third kappa shape index (κ3) is 1.49. The van der Waals surface area contributed by atoms with E-state index < -0.39 is 5.97 Å². The van der Waals surface area contributed by atoms with Crippen molar-refractivity contribution in [1.29, 1.82) is 0 Å². The molecule has 0 aliphatic heterocycles. The summed E-state index contributed by atoms with van der Waals surface area (Å²) in [5, 5.41) is 17.6. The Morgan fingerprint density at radius 2 is 1.56 bits per heavy atom. The number of carboxylic acid groups (broad SMARTS) is 1. The summed E-state index contributed by atoms with van der Waals surface area (Å²) in [4.78, 5) is 11.2. The smallest absolute Gasteiger partial charge is 0.307 e. The van der Waals surface area contributed by atoms with Crippen LogP contribution in [-0.4, -0.2) is 11.1 Å². The second-order valence-corrected chi connectivity index (χ2v) is 5.55. The van der Waals surface area contributed by atoms with Crippen LogP contribution in [0.5, 0.6) is 0 Å². The lowest BCUT2D eigenvalue weighted by Crippen LogP contribution is -2.17. The second kappa shape index (κ2) is 3.71. The molecule has 2 aromatic heterocycles. The first-order valence-corrected chi connectivity index (χ1v) is 6.97. The fourth-order valence-electron chi connectivity index (χ4n) is 2.21. The number of carboxylic acids is 1. The van der Waals surface area contributed by atoms with Crippen molar-refractivity contribution in [3.63, 3.8) is 0 Å². The zero-order valence-electron chi connectivity index (χ0n) is 8.47. The van der Waals surface area contributed by atoms with Gasteiger partial charge in [-0.2, -0.15) is 22.7 Å². The van der Waals surface area contributed by atoms with Crippen molar-refractivity contribution < 1.29 is 9.90 Å². The van der Waals surface area contributed by atoms with Crippen LogP contribution < -0.4 is 0 Å². The predicted molar refractivity (Wildman–Crippen MR) is 66.2 cm³/mol. The van der Waals surface area contributed by atoms with Gasteiger partial charge in [0.15, 0.2) is 0 Å². The molecule has 0 saturated carbocycles. The van der Waals surface area contributed by atoms with Crippen LogP contribution in [0.3, 0.4) is 0 Å². The normalized spacial score (nSPS) is 15.2. The van der Waals surface area contributed by atoms with Crippen LogP contribution in [0.4, 0.5) is 0 Å². The van der Waals surface area contributed by atoms with E-state index in [4.69, 9.17) is 0 Å². The average Bonchev–Trinajstić information content (AvgIpc) is 2.84. The Bertz CT molecular complexity index is 496. The highest BCUT2D eigenvalue weighted by molar-refractivity contribution is 7.09. The molecular weight excluding hydrogens is 240 g/mol. The number of rotatable bonds is 1. The van der Waals surface area contributed by atoms with Gasteiger partial charge in [-0.3, -0.25) is 4.79 Å². The molecule has 0 radical (unpaired) electrons. The summed E-state index contributed by atoms with van der Waals surface area (Å²) < 4.78 is 0. The monoisotopic (exact) mass is 250 g/mol. The van der Waals surface area contributed by atoms with Crippen LogP contribution in [0.25, 0.3) is 11.1 Å². The number of hydrogen-bond acceptors (Lipinski definition) is 3. The predicted octanol–water partition coefficient (Wildman–Crippen LogP) is 3.28. The summed E-state index contributed by atoms with van der Waals surface area (Å²) in [7, 11) is 0. The Morgan fingerprint density at radius 1 is 1.06 bits per heavy atom. The summed E-state index contributed by atoms with van der Waals surface area (Å²) in [5.41, 5.74) is 4.86. The molecule has 0 fully saturated rings. The van der Waals surface area contributed by atoms with Crippen molar-refractivity contribution in [3.05, 3.63) is 32.6 Å². The van der Waals surface area contributed by atoms with Crippen LogP contribution in [0.2, 0.25) is 0 Å². The van der Waals surface area contributed by atoms with E-state index in [-0.39, 0.29) is 5.92 Å². The van der Waals surface area contributed by atoms with Gasteiger partial charge in [0.1, 0.15) is 0 Å². The van der Waals surface area contributed by atoms with Gasteiger partial charge in [-0.05, 0) is 56.6 Å². The minimum atomic E-state index is -0.684. The largest absolute Gasteiger partial charge is 0.481 e. The van der Waals surface area contributed by atoms with E-state index in [9.17, 15) is 9.90 Å². The Hall–Kier alpha value is -1.13. The van der Waals surface area contributed by atoms with Crippen molar-refractivity contribution >= 4 is 28.6 Å². The molecule has 1 N–H and O–H groups in total. The topological polar surface area (TPSA) is 37.3 Å². The Balaban J connectivity index is 2.15. The molecule has 3 rings (SSSR count). The number of fused-ring (bicyclic) bond motifs is 3. The third-order valence-corrected chi connectivity index (χ3v) is 4.64. The second-order valence-electron chi connectivity index (χ2n) is 4.06. The van der Waals surface area contributed by atoms with Crippen molar-refractivity contribution in [1.82, 2.24) is 0 Å². The van der Waals surface area contributed by atoms with Gasteiger partial charge in [0.05, 0.1) is 5.92 Å². The molecule has 2 heterocycles. The molecule has 4 heteroatoms. The molecule has 0 spiro atoms. The van der Waals surface area contributed by atoms with E-state index in [0.717, 1.165) is 0 Å². The molecule has 0 aromatic carbocycles. The molecular formula is C12H10O2S2. The van der Waals surface area contributed by atoms with Crippen LogP contribution in [0.1, 0.15) is 11.1 Å². The van der Waals surface area contributed by atoms with Gasteiger partial charge in [-0.15, -0.1) is 0 Å². The van der Waals surface area contributed by atoms with E-state index in [1.807, 2.05) is 0 Å². The SMILES string of the molecule is O=C(O)C1Cc2cscc2-c2cscc2C1. The van der Waals surface area contributed by atoms with Gasteiger partial charge < -0.3 is 5.11 Å². The van der Waals surface area contributed by atoms with Gasteiger partial charge in [0.2, 0.25) is 0 Å². The number of hydrogen-bond donors (Lipinski definition) is 1. The van der Waals surface area contributed by atoms with Crippen LogP contribution >= 0.6 is 22.7 Å². The fraction of sp³-hybridized carbons (Fsp3) is 0.250. The van der Waals surface area contributed by atoms with Crippen molar-refractivity contribution in [2.75, 3.05) is 0 Å². The summed E-state index contributed by atoms with van der Waals surface area (Å²) in [6.45, 7) is 0. The fourth-order valence-corrected chi connectivity index (χ4v) is 3.95. The maximum absolute atomic E-state index is 11.2. The first-order valence-electron chi connectivity index (χ1n) is 5.09. The maximum atomic E-state index is 11.2. The summed E-state index contributed by atoms with van der Waals surface area (Å²) >= 11 is 3.31. The molecule has 16 heavy (non-hydrogen) atoms. The highest BCUT2D eigenvalue weighted by atomic mass is 32.1. The van der Waals surface area contributed by atoms with E-state index in [1.54, 1.807) is 22.7 Å². The zero-order valence-corrected chi connectivity index (χ0v) is 10.1. The lowest BCUT2D eigenvalue weighted by molar-refractivity contribution is -0.141. The molecule has 0 unspecified atom stereocenters. The summed E-state index contributed by atoms with van der Waals surface area (Å²) in [5.74, 6) is -0.958. The van der Waals surface area contributed by atoms with Gasteiger partial charge in [-0.1, -0.05) is 0 Å². The summed E-state index contributed by atoms with van der Waals surface area (Å²) in [6.07, 6.45) is 1.32. The van der Waals surface area contributed by atoms with Crippen molar-refractivity contribution in [2.24, 2.45) is 5.92 Å². The van der Waals surface area contributed by atoms with Gasteiger partial charge in [0.25, 0.3) is 0 Å². The van der Waals surface area contributed by atoms with Crippen LogP contribution in [-0.2, 0) is 17.6 Å². The molecule has 2 aromatic rings. The van der Waals surface area contributed by atoms with E-state index >= 15 is 0 Å². The molecule has 1 aliphatic carbocycles. The standard InChI is InChI=1S/C12H10O2S2/c13-12(14)7-1-8-3-15-5-10(8)11-6-16-4-9(11)2-7/h3-7H,1-2H2,(H,13,14). The molecule has 0 saturated heterocycles. The average molecular weight is 250 g/mol. The highest BCUT2D eigenvalue weighted by Gasteiger charge is 2.26. The molecule has 0 bridgehead atoms. The molecule has 82 valence electrons. The molecule has 1 aliphatic rings. The first-order chi connectivity index (χ1) is 7.75. The minimum Gasteiger partial charge on any atom is -0.481 e. The van der Waals surface area contributed by atoms with Crippen LogP contribution in [0, 0.1) is 5.92 Å². The van der Waals surface area contributed by atoms with Gasteiger partial charge in [0, 0.05) is 0 Å². The number of carbonyl (C=O) groups is 1. The quantitative estimate of drug-likeness (QED) is 0.843. The zero-order chi connectivity index (χ0) is 11.1. The number of thiophene rings is 2. The van der Waals surface area contributed by atoms with E-state index in [0.29, 0.717) is 12.8 Å². The van der Waals surface area contributed by atoms with Crippen molar-refractivity contribution in [3.8, 4) is 11.1 Å². The van der Waals surface area contributed by atoms with Crippen LogP contribution in [0.15, 0.2) is 21.5 Å². The van der Waals surface area contributed by atoms with Gasteiger partial charge >= 0.3 is 5.97 Å². The molecule has 0 amide bonds. The lowest BCUT2D eigenvalue weighted by atomic mass is 9.97. The minimum absolute atomic E-state index is 0.274. The van der Waals surface area contributed by atoms with Crippen molar-refractivity contribution in [2.45, 2.75) is 12.8 Å². The Morgan fingerprint density at radius 3 is 2.00 bits per heavy atom. The van der Waals surface area contributed by atoms with Gasteiger partial charge in [-0.25, -0.2) is 0 Å². The third-order valence-electron chi connectivity index (χ3n) is 3.06. The summed E-state index contributed by atoms with van der Waals surface area (Å²) in [6, 6.07) is 0. The Labute approximate surface area is 101 Å².